The Morgan fingerprint density at radius 2 is 2.00 bits per heavy atom. The molecule has 0 spiro atoms. The number of hydrogen-bond acceptors (Lipinski definition) is 7. The zero-order chi connectivity index (χ0) is 20.3. The lowest BCUT2D eigenvalue weighted by molar-refractivity contribution is 0.0471. The van der Waals surface area contributed by atoms with E-state index in [1.54, 1.807) is 36.2 Å². The van der Waals surface area contributed by atoms with Gasteiger partial charge in [-0.1, -0.05) is 0 Å². The zero-order valence-corrected chi connectivity index (χ0v) is 17.6. The third kappa shape index (κ3) is 3.98. The van der Waals surface area contributed by atoms with Gasteiger partial charge in [-0.2, -0.15) is 0 Å². The SMILES string of the molecule is COc1cc(SC)ccc1C(=O)OCC(=O)c1cc(C)n(-c2nccs2)c1C. The van der Waals surface area contributed by atoms with Crippen LogP contribution in [0, 0.1) is 13.8 Å². The second kappa shape index (κ2) is 8.62. The Kier molecular flexibility index (Phi) is 6.21. The Morgan fingerprint density at radius 3 is 2.64 bits per heavy atom. The normalized spacial score (nSPS) is 10.7. The quantitative estimate of drug-likeness (QED) is 0.325. The van der Waals surface area contributed by atoms with Gasteiger partial charge in [0.2, 0.25) is 5.78 Å². The Morgan fingerprint density at radius 1 is 1.21 bits per heavy atom. The fourth-order valence-electron chi connectivity index (χ4n) is 2.92. The summed E-state index contributed by atoms with van der Waals surface area (Å²) < 4.78 is 12.4. The number of esters is 1. The predicted octanol–water partition coefficient (Wildman–Crippen LogP) is 4.32. The van der Waals surface area contributed by atoms with Crippen molar-refractivity contribution in [3.05, 3.63) is 58.4 Å². The van der Waals surface area contributed by atoms with Crippen molar-refractivity contribution in [2.24, 2.45) is 0 Å². The molecule has 146 valence electrons. The summed E-state index contributed by atoms with van der Waals surface area (Å²) in [6.07, 6.45) is 3.66. The first kappa shape index (κ1) is 20.2. The van der Waals surface area contributed by atoms with Gasteiger partial charge in [-0.3, -0.25) is 9.36 Å². The second-order valence-electron chi connectivity index (χ2n) is 6.00. The lowest BCUT2D eigenvalue weighted by Crippen LogP contribution is -2.15. The summed E-state index contributed by atoms with van der Waals surface area (Å²) in [7, 11) is 1.49. The molecule has 2 aromatic heterocycles. The molecule has 3 rings (SSSR count). The summed E-state index contributed by atoms with van der Waals surface area (Å²) in [5.74, 6) is -0.429. The summed E-state index contributed by atoms with van der Waals surface area (Å²) >= 11 is 3.04. The van der Waals surface area contributed by atoms with E-state index in [0.29, 0.717) is 16.9 Å². The fraction of sp³-hybridized carbons (Fsp3) is 0.250. The Hall–Kier alpha value is -2.58. The highest BCUT2D eigenvalue weighted by atomic mass is 32.2. The van der Waals surface area contributed by atoms with Crippen LogP contribution in [-0.2, 0) is 4.74 Å². The molecule has 0 saturated heterocycles. The Bertz CT molecular complexity index is 1010. The van der Waals surface area contributed by atoms with E-state index >= 15 is 0 Å². The maximum absolute atomic E-state index is 12.6. The number of methoxy groups -OCH3 is 1. The van der Waals surface area contributed by atoms with E-state index in [0.717, 1.165) is 21.4 Å². The fourth-order valence-corrected chi connectivity index (χ4v) is 4.10. The second-order valence-corrected chi connectivity index (χ2v) is 7.75. The van der Waals surface area contributed by atoms with E-state index in [2.05, 4.69) is 4.98 Å². The number of aromatic nitrogens is 2. The summed E-state index contributed by atoms with van der Waals surface area (Å²) in [5, 5.41) is 2.68. The molecule has 2 heterocycles. The van der Waals surface area contributed by atoms with E-state index in [4.69, 9.17) is 9.47 Å². The lowest BCUT2D eigenvalue weighted by Gasteiger charge is -2.10. The molecule has 0 aliphatic carbocycles. The average Bonchev–Trinajstić information content (AvgIpc) is 3.32. The maximum atomic E-state index is 12.6. The number of hydrogen-bond donors (Lipinski definition) is 0. The molecule has 0 unspecified atom stereocenters. The number of carbonyl (C=O) groups excluding carboxylic acids is 2. The monoisotopic (exact) mass is 416 g/mol. The Balaban J connectivity index is 1.75. The van der Waals surface area contributed by atoms with Crippen molar-refractivity contribution in [3.63, 3.8) is 0 Å². The molecule has 28 heavy (non-hydrogen) atoms. The first-order valence-corrected chi connectivity index (χ1v) is 10.6. The van der Waals surface area contributed by atoms with Gasteiger partial charge >= 0.3 is 5.97 Å². The molecule has 0 saturated carbocycles. The number of ether oxygens (including phenoxy) is 2. The zero-order valence-electron chi connectivity index (χ0n) is 16.0. The van der Waals surface area contributed by atoms with Gasteiger partial charge in [0, 0.05) is 33.4 Å². The molecule has 0 atom stereocenters. The van der Waals surface area contributed by atoms with Gasteiger partial charge in [-0.05, 0) is 44.4 Å². The molecule has 0 radical (unpaired) electrons. The van der Waals surface area contributed by atoms with Gasteiger partial charge in [0.1, 0.15) is 11.3 Å². The van der Waals surface area contributed by atoms with Crippen molar-refractivity contribution in [2.75, 3.05) is 20.0 Å². The van der Waals surface area contributed by atoms with Crippen LogP contribution in [0.25, 0.3) is 5.13 Å². The van der Waals surface area contributed by atoms with Crippen molar-refractivity contribution < 1.29 is 19.1 Å². The van der Waals surface area contributed by atoms with Crippen LogP contribution >= 0.6 is 23.1 Å². The molecule has 0 fully saturated rings. The van der Waals surface area contributed by atoms with E-state index in [9.17, 15) is 9.59 Å². The van der Waals surface area contributed by atoms with Gasteiger partial charge in [0.15, 0.2) is 11.7 Å². The van der Waals surface area contributed by atoms with E-state index in [1.807, 2.05) is 36.1 Å². The van der Waals surface area contributed by atoms with Gasteiger partial charge in [0.25, 0.3) is 0 Å². The van der Waals surface area contributed by atoms with Crippen molar-refractivity contribution in [1.29, 1.82) is 0 Å². The smallest absolute Gasteiger partial charge is 0.342 e. The van der Waals surface area contributed by atoms with Gasteiger partial charge in [-0.15, -0.1) is 23.1 Å². The molecule has 1 aromatic carbocycles. The average molecular weight is 417 g/mol. The lowest BCUT2D eigenvalue weighted by atomic mass is 10.1. The highest BCUT2D eigenvalue weighted by Crippen LogP contribution is 2.26. The first-order chi connectivity index (χ1) is 13.5. The summed E-state index contributed by atoms with van der Waals surface area (Å²) in [6, 6.07) is 7.02. The molecular formula is C20H20N2O4S2. The highest BCUT2D eigenvalue weighted by Gasteiger charge is 2.20. The van der Waals surface area contributed by atoms with Crippen LogP contribution in [0.15, 0.2) is 40.7 Å². The van der Waals surface area contributed by atoms with Gasteiger partial charge in [-0.25, -0.2) is 9.78 Å². The Labute approximate surface area is 171 Å². The molecule has 8 heteroatoms. The number of carbonyl (C=O) groups is 2. The molecule has 3 aromatic rings. The summed E-state index contributed by atoms with van der Waals surface area (Å²) in [5.41, 5.74) is 2.48. The molecule has 0 aliphatic rings. The van der Waals surface area contributed by atoms with Crippen LogP contribution in [0.2, 0.25) is 0 Å². The van der Waals surface area contributed by atoms with E-state index in [1.165, 1.54) is 18.4 Å². The van der Waals surface area contributed by atoms with Crippen LogP contribution in [0.1, 0.15) is 32.1 Å². The topological polar surface area (TPSA) is 70.4 Å². The van der Waals surface area contributed by atoms with Crippen LogP contribution in [0.5, 0.6) is 5.75 Å². The van der Waals surface area contributed by atoms with Crippen LogP contribution in [0.4, 0.5) is 0 Å². The molecule has 0 amide bonds. The van der Waals surface area contributed by atoms with E-state index < -0.39 is 5.97 Å². The summed E-state index contributed by atoms with van der Waals surface area (Å²) in [6.45, 7) is 3.43. The largest absolute Gasteiger partial charge is 0.496 e. The van der Waals surface area contributed by atoms with Crippen molar-refractivity contribution in [2.45, 2.75) is 18.7 Å². The molecule has 6 nitrogen and oxygen atoms in total. The minimum atomic E-state index is -0.591. The number of rotatable bonds is 7. The minimum absolute atomic E-state index is 0.260. The summed E-state index contributed by atoms with van der Waals surface area (Å²) in [4.78, 5) is 30.3. The molecule has 0 bridgehead atoms. The van der Waals surface area contributed by atoms with Gasteiger partial charge in [0.05, 0.1) is 7.11 Å². The number of nitrogens with zero attached hydrogens (tertiary/aromatic N) is 2. The maximum Gasteiger partial charge on any atom is 0.342 e. The number of aryl methyl sites for hydroxylation is 1. The van der Waals surface area contributed by atoms with Crippen molar-refractivity contribution in [3.8, 4) is 10.9 Å². The number of ketones is 1. The molecule has 0 N–H and O–H groups in total. The van der Waals surface area contributed by atoms with Gasteiger partial charge < -0.3 is 9.47 Å². The third-order valence-electron chi connectivity index (χ3n) is 4.31. The van der Waals surface area contributed by atoms with E-state index in [-0.39, 0.29) is 12.4 Å². The predicted molar refractivity (Wildman–Crippen MR) is 110 cm³/mol. The minimum Gasteiger partial charge on any atom is -0.496 e. The van der Waals surface area contributed by atoms with Crippen molar-refractivity contribution >= 4 is 34.9 Å². The highest BCUT2D eigenvalue weighted by molar-refractivity contribution is 7.98. The van der Waals surface area contributed by atoms with Crippen LogP contribution < -0.4 is 4.74 Å². The van der Waals surface area contributed by atoms with Crippen LogP contribution in [-0.4, -0.2) is 41.3 Å². The van der Waals surface area contributed by atoms with Crippen molar-refractivity contribution in [1.82, 2.24) is 9.55 Å². The number of thiazole rings is 1. The first-order valence-electron chi connectivity index (χ1n) is 8.47. The standard InChI is InChI=1S/C20H20N2O4S2/c1-12-9-16(13(2)22(12)20-21-7-8-28-20)17(23)11-26-19(24)15-6-5-14(27-4)10-18(15)25-3/h5-10H,11H2,1-4H3. The number of Topliss-reactive ketones (excluding diaryl/α,β-unsaturated/α-hetero) is 1. The number of thioether (sulfide) groups is 1. The number of benzene rings is 1. The third-order valence-corrected chi connectivity index (χ3v) is 5.79. The molecular weight excluding hydrogens is 396 g/mol. The molecule has 0 aliphatic heterocycles. The van der Waals surface area contributed by atoms with Crippen LogP contribution in [0.3, 0.4) is 0 Å².